The molecule has 2 nitrogen and oxygen atoms in total. The van der Waals surface area contributed by atoms with E-state index >= 15 is 0 Å². The van der Waals surface area contributed by atoms with Gasteiger partial charge in [0.1, 0.15) is 5.75 Å². The normalized spacial score (nSPS) is 21.1. The fraction of sp³-hybridized carbons (Fsp3) is 0.500. The number of ether oxygens (including phenoxy) is 1. The van der Waals surface area contributed by atoms with E-state index in [1.165, 1.54) is 24.0 Å². The zero-order valence-corrected chi connectivity index (χ0v) is 8.84. The molecule has 1 aromatic carbocycles. The zero-order chi connectivity index (χ0) is 9.97. The van der Waals surface area contributed by atoms with E-state index in [0.717, 1.165) is 12.3 Å². The molecule has 2 heteroatoms. The Labute approximate surface area is 85.3 Å². The standard InChI is InChI=1S/C12H17NO/c1-9-5-3-6-10(12(9)14-2)11-7-4-8-13-11/h3,5-6,11,13H,4,7-8H2,1-2H3/t11-/m1/s1. The Morgan fingerprint density at radius 2 is 2.29 bits per heavy atom. The molecule has 0 radical (unpaired) electrons. The molecule has 2 rings (SSSR count). The lowest BCUT2D eigenvalue weighted by Gasteiger charge is -2.16. The maximum atomic E-state index is 5.45. The molecule has 1 saturated heterocycles. The molecule has 1 fully saturated rings. The van der Waals surface area contributed by atoms with E-state index in [9.17, 15) is 0 Å². The maximum Gasteiger partial charge on any atom is 0.126 e. The molecular weight excluding hydrogens is 174 g/mol. The summed E-state index contributed by atoms with van der Waals surface area (Å²) in [6.45, 7) is 3.22. The number of aryl methyl sites for hydroxylation is 1. The van der Waals surface area contributed by atoms with E-state index in [-0.39, 0.29) is 0 Å². The minimum Gasteiger partial charge on any atom is -0.496 e. The predicted molar refractivity (Wildman–Crippen MR) is 57.7 cm³/mol. The van der Waals surface area contributed by atoms with Gasteiger partial charge < -0.3 is 10.1 Å². The second-order valence-corrected chi connectivity index (χ2v) is 3.85. The van der Waals surface area contributed by atoms with Crippen LogP contribution in [-0.2, 0) is 0 Å². The van der Waals surface area contributed by atoms with Gasteiger partial charge in [0, 0.05) is 11.6 Å². The highest BCUT2D eigenvalue weighted by molar-refractivity contribution is 5.42. The Kier molecular flexibility index (Phi) is 2.73. The van der Waals surface area contributed by atoms with Crippen molar-refractivity contribution in [1.82, 2.24) is 5.32 Å². The van der Waals surface area contributed by atoms with Crippen molar-refractivity contribution >= 4 is 0 Å². The summed E-state index contributed by atoms with van der Waals surface area (Å²) in [7, 11) is 1.75. The number of hydrogen-bond acceptors (Lipinski definition) is 2. The van der Waals surface area contributed by atoms with E-state index in [1.807, 2.05) is 0 Å². The first kappa shape index (κ1) is 9.53. The quantitative estimate of drug-likeness (QED) is 0.775. The van der Waals surface area contributed by atoms with Crippen molar-refractivity contribution in [2.75, 3.05) is 13.7 Å². The molecule has 76 valence electrons. The van der Waals surface area contributed by atoms with Crippen molar-refractivity contribution in [3.8, 4) is 5.75 Å². The topological polar surface area (TPSA) is 21.3 Å². The van der Waals surface area contributed by atoms with Crippen LogP contribution in [0.5, 0.6) is 5.75 Å². The summed E-state index contributed by atoms with van der Waals surface area (Å²) in [6, 6.07) is 6.85. The summed E-state index contributed by atoms with van der Waals surface area (Å²) >= 11 is 0. The summed E-state index contributed by atoms with van der Waals surface area (Å²) in [4.78, 5) is 0. The number of hydrogen-bond donors (Lipinski definition) is 1. The number of para-hydroxylation sites is 1. The van der Waals surface area contributed by atoms with Gasteiger partial charge in [-0.15, -0.1) is 0 Å². The van der Waals surface area contributed by atoms with Crippen molar-refractivity contribution in [1.29, 1.82) is 0 Å². The van der Waals surface area contributed by atoms with Gasteiger partial charge in [0.05, 0.1) is 7.11 Å². The third-order valence-electron chi connectivity index (χ3n) is 2.88. The van der Waals surface area contributed by atoms with Crippen molar-refractivity contribution in [2.24, 2.45) is 0 Å². The van der Waals surface area contributed by atoms with Gasteiger partial charge in [-0.1, -0.05) is 18.2 Å². The Balaban J connectivity index is 2.35. The van der Waals surface area contributed by atoms with Gasteiger partial charge in [-0.05, 0) is 31.9 Å². The van der Waals surface area contributed by atoms with Crippen LogP contribution in [0.2, 0.25) is 0 Å². The van der Waals surface area contributed by atoms with E-state index in [2.05, 4.69) is 30.4 Å². The van der Waals surface area contributed by atoms with Crippen LogP contribution in [0.1, 0.15) is 30.0 Å². The maximum absolute atomic E-state index is 5.45. The molecule has 1 heterocycles. The molecule has 0 aliphatic carbocycles. The Bertz CT molecular complexity index is 316. The van der Waals surface area contributed by atoms with Crippen molar-refractivity contribution in [3.63, 3.8) is 0 Å². The van der Waals surface area contributed by atoms with E-state index < -0.39 is 0 Å². The number of methoxy groups -OCH3 is 1. The minimum atomic E-state index is 0.491. The molecule has 14 heavy (non-hydrogen) atoms. The van der Waals surface area contributed by atoms with Gasteiger partial charge in [-0.3, -0.25) is 0 Å². The Morgan fingerprint density at radius 1 is 1.43 bits per heavy atom. The van der Waals surface area contributed by atoms with Gasteiger partial charge in [-0.2, -0.15) is 0 Å². The average Bonchev–Trinajstić information content (AvgIpc) is 2.70. The molecule has 0 saturated carbocycles. The van der Waals surface area contributed by atoms with Crippen LogP contribution in [0.25, 0.3) is 0 Å². The van der Waals surface area contributed by atoms with Crippen LogP contribution in [0.3, 0.4) is 0 Å². The first-order valence-electron chi connectivity index (χ1n) is 5.20. The first-order chi connectivity index (χ1) is 6.83. The number of benzene rings is 1. The number of rotatable bonds is 2. The summed E-state index contributed by atoms with van der Waals surface area (Å²) < 4.78 is 5.45. The predicted octanol–water partition coefficient (Wildman–Crippen LogP) is 2.43. The van der Waals surface area contributed by atoms with Crippen LogP contribution >= 0.6 is 0 Å². The fourth-order valence-corrected chi connectivity index (χ4v) is 2.18. The Morgan fingerprint density at radius 3 is 2.93 bits per heavy atom. The second kappa shape index (κ2) is 4.01. The lowest BCUT2D eigenvalue weighted by atomic mass is 10.0. The van der Waals surface area contributed by atoms with E-state index in [4.69, 9.17) is 4.74 Å². The molecule has 1 N–H and O–H groups in total. The van der Waals surface area contributed by atoms with Crippen LogP contribution in [-0.4, -0.2) is 13.7 Å². The highest BCUT2D eigenvalue weighted by atomic mass is 16.5. The number of nitrogens with one attached hydrogen (secondary N) is 1. The van der Waals surface area contributed by atoms with Crippen LogP contribution < -0.4 is 10.1 Å². The molecule has 1 aliphatic heterocycles. The molecule has 0 aromatic heterocycles. The van der Waals surface area contributed by atoms with Crippen LogP contribution in [0.15, 0.2) is 18.2 Å². The molecule has 1 aliphatic rings. The molecule has 0 unspecified atom stereocenters. The summed E-state index contributed by atoms with van der Waals surface area (Å²) in [5.41, 5.74) is 2.53. The van der Waals surface area contributed by atoms with Gasteiger partial charge in [0.2, 0.25) is 0 Å². The average molecular weight is 191 g/mol. The lowest BCUT2D eigenvalue weighted by molar-refractivity contribution is 0.400. The van der Waals surface area contributed by atoms with E-state index in [0.29, 0.717) is 6.04 Å². The van der Waals surface area contributed by atoms with Crippen molar-refractivity contribution < 1.29 is 4.74 Å². The lowest BCUT2D eigenvalue weighted by Crippen LogP contribution is -2.14. The second-order valence-electron chi connectivity index (χ2n) is 3.85. The van der Waals surface area contributed by atoms with Gasteiger partial charge in [-0.25, -0.2) is 0 Å². The molecule has 0 bridgehead atoms. The van der Waals surface area contributed by atoms with Gasteiger partial charge in [0.25, 0.3) is 0 Å². The summed E-state index contributed by atoms with van der Waals surface area (Å²) in [5, 5.41) is 3.49. The fourth-order valence-electron chi connectivity index (χ4n) is 2.18. The third-order valence-corrected chi connectivity index (χ3v) is 2.88. The van der Waals surface area contributed by atoms with Gasteiger partial charge >= 0.3 is 0 Å². The van der Waals surface area contributed by atoms with Crippen molar-refractivity contribution in [2.45, 2.75) is 25.8 Å². The third kappa shape index (κ3) is 1.62. The van der Waals surface area contributed by atoms with Crippen molar-refractivity contribution in [3.05, 3.63) is 29.3 Å². The molecule has 0 amide bonds. The highest BCUT2D eigenvalue weighted by Crippen LogP contribution is 2.32. The van der Waals surface area contributed by atoms with Crippen LogP contribution in [0.4, 0.5) is 0 Å². The molecule has 1 aromatic rings. The summed E-state index contributed by atoms with van der Waals surface area (Å²) in [6.07, 6.45) is 2.49. The monoisotopic (exact) mass is 191 g/mol. The molecular formula is C12H17NO. The zero-order valence-electron chi connectivity index (χ0n) is 8.84. The smallest absolute Gasteiger partial charge is 0.126 e. The van der Waals surface area contributed by atoms with Crippen LogP contribution in [0, 0.1) is 6.92 Å². The first-order valence-corrected chi connectivity index (χ1v) is 5.20. The SMILES string of the molecule is COc1c(C)cccc1[C@H]1CCCN1. The Hall–Kier alpha value is -1.02. The largest absolute Gasteiger partial charge is 0.496 e. The van der Waals surface area contributed by atoms with E-state index in [1.54, 1.807) is 7.11 Å². The molecule has 1 atom stereocenters. The highest BCUT2D eigenvalue weighted by Gasteiger charge is 2.20. The van der Waals surface area contributed by atoms with Gasteiger partial charge in [0.15, 0.2) is 0 Å². The minimum absolute atomic E-state index is 0.491. The molecule has 0 spiro atoms. The summed E-state index contributed by atoms with van der Waals surface area (Å²) in [5.74, 6) is 1.05.